The Morgan fingerprint density at radius 3 is 2.34 bits per heavy atom. The number of carbonyl (C=O) groups is 1. The highest BCUT2D eigenvalue weighted by atomic mass is 16.7. The molecule has 7 nitrogen and oxygen atoms in total. The van der Waals surface area contributed by atoms with E-state index in [2.05, 4.69) is 90.7 Å². The molecule has 0 saturated heterocycles. The van der Waals surface area contributed by atoms with E-state index in [0.717, 1.165) is 68.8 Å². The fraction of sp³-hybridized carbons (Fsp3) is 0.270. The van der Waals surface area contributed by atoms with Crippen molar-refractivity contribution in [1.29, 1.82) is 0 Å². The van der Waals surface area contributed by atoms with E-state index in [0.29, 0.717) is 12.3 Å². The van der Waals surface area contributed by atoms with Crippen LogP contribution in [0, 0.1) is 6.92 Å². The summed E-state index contributed by atoms with van der Waals surface area (Å²) in [7, 11) is 2.07. The summed E-state index contributed by atoms with van der Waals surface area (Å²) in [5, 5.41) is 0. The molecule has 7 heteroatoms. The molecule has 0 saturated carbocycles. The van der Waals surface area contributed by atoms with Crippen molar-refractivity contribution in [3.63, 3.8) is 0 Å². The predicted octanol–water partition coefficient (Wildman–Crippen LogP) is 8.88. The molecule has 0 spiro atoms. The van der Waals surface area contributed by atoms with Gasteiger partial charge in [0.05, 0.1) is 22.1 Å². The van der Waals surface area contributed by atoms with Crippen molar-refractivity contribution >= 4 is 28.2 Å². The molecule has 0 amide bonds. The van der Waals surface area contributed by atoms with Crippen LogP contribution in [0.1, 0.15) is 51.1 Å². The van der Waals surface area contributed by atoms with Gasteiger partial charge in [-0.2, -0.15) is 0 Å². The fourth-order valence-electron chi connectivity index (χ4n) is 5.60. The number of aromatic nitrogens is 4. The first-order valence-corrected chi connectivity index (χ1v) is 15.1. The first-order chi connectivity index (χ1) is 21.1. The summed E-state index contributed by atoms with van der Waals surface area (Å²) >= 11 is 0. The van der Waals surface area contributed by atoms with Gasteiger partial charge in [-0.1, -0.05) is 55.5 Å². The highest BCUT2D eigenvalue weighted by Gasteiger charge is 2.20. The van der Waals surface area contributed by atoms with Crippen LogP contribution in [-0.4, -0.2) is 30.9 Å². The molecule has 44 heavy (non-hydrogen) atoms. The number of fused-ring (bicyclic) bond motifs is 2. The number of rotatable bonds is 7. The molecule has 2 heterocycles. The molecule has 0 unspecified atom stereocenters. The molecule has 6 aromatic rings. The summed E-state index contributed by atoms with van der Waals surface area (Å²) in [6.07, 6.45) is 1.18. The third-order valence-electron chi connectivity index (χ3n) is 7.67. The third kappa shape index (κ3) is 5.95. The van der Waals surface area contributed by atoms with Crippen molar-refractivity contribution < 1.29 is 14.3 Å². The molecule has 0 aliphatic heterocycles. The van der Waals surface area contributed by atoms with Crippen LogP contribution in [-0.2, 0) is 24.8 Å². The van der Waals surface area contributed by atoms with Crippen molar-refractivity contribution in [3.05, 3.63) is 102 Å². The standard InChI is InChI=1S/C37H38N4O3/c1-7-10-34-38-29-19-18-27(35-39-30-21-24(2)13-20-31(30)40(35)6)22-32(29)41(34)23-25-14-16-26(17-15-25)28-11-8-9-12-33(28)43-36(42)44-37(3,4)5/h8-9,11-22H,7,10,23H2,1-6H3. The lowest BCUT2D eigenvalue weighted by atomic mass is 10.0. The minimum Gasteiger partial charge on any atom is -0.428 e. The predicted molar refractivity (Wildman–Crippen MR) is 176 cm³/mol. The molecule has 2 aromatic heterocycles. The average molecular weight is 587 g/mol. The molecule has 6 rings (SSSR count). The zero-order valence-electron chi connectivity index (χ0n) is 26.2. The van der Waals surface area contributed by atoms with Gasteiger partial charge >= 0.3 is 6.16 Å². The number of nitrogens with zero attached hydrogens (tertiary/aromatic N) is 4. The summed E-state index contributed by atoms with van der Waals surface area (Å²) in [5.41, 5.74) is 8.76. The van der Waals surface area contributed by atoms with Crippen molar-refractivity contribution in [2.75, 3.05) is 0 Å². The molecule has 0 bridgehead atoms. The lowest BCUT2D eigenvalue weighted by Crippen LogP contribution is -2.26. The van der Waals surface area contributed by atoms with E-state index in [4.69, 9.17) is 19.4 Å². The monoisotopic (exact) mass is 586 g/mol. The Morgan fingerprint density at radius 2 is 1.59 bits per heavy atom. The number of aryl methyl sites for hydroxylation is 3. The lowest BCUT2D eigenvalue weighted by molar-refractivity contribution is 0.0207. The number of imidazole rings is 2. The first-order valence-electron chi connectivity index (χ1n) is 15.1. The first kappa shape index (κ1) is 29.2. The highest BCUT2D eigenvalue weighted by molar-refractivity contribution is 5.85. The number of benzene rings is 4. The molecule has 224 valence electrons. The van der Waals surface area contributed by atoms with Crippen LogP contribution in [0.4, 0.5) is 4.79 Å². The highest BCUT2D eigenvalue weighted by Crippen LogP contribution is 2.32. The van der Waals surface area contributed by atoms with E-state index in [1.807, 2.05) is 39.0 Å². The molecule has 0 fully saturated rings. The molecule has 4 aromatic carbocycles. The normalized spacial score (nSPS) is 11.8. The van der Waals surface area contributed by atoms with E-state index >= 15 is 0 Å². The van der Waals surface area contributed by atoms with Crippen molar-refractivity contribution in [1.82, 2.24) is 19.1 Å². The second kappa shape index (κ2) is 11.6. The second-order valence-electron chi connectivity index (χ2n) is 12.3. The Kier molecular flexibility index (Phi) is 7.72. The van der Waals surface area contributed by atoms with Crippen molar-refractivity contribution in [2.45, 2.75) is 59.6 Å². The van der Waals surface area contributed by atoms with Gasteiger partial charge in [0.15, 0.2) is 0 Å². The largest absolute Gasteiger partial charge is 0.514 e. The van der Waals surface area contributed by atoms with Gasteiger partial charge < -0.3 is 18.6 Å². The number of hydrogen-bond acceptors (Lipinski definition) is 5. The molecule has 0 atom stereocenters. The maximum Gasteiger partial charge on any atom is 0.514 e. The fourth-order valence-corrected chi connectivity index (χ4v) is 5.60. The summed E-state index contributed by atoms with van der Waals surface area (Å²) in [6, 6.07) is 28.7. The minimum absolute atomic E-state index is 0.463. The van der Waals surface area contributed by atoms with E-state index in [-0.39, 0.29) is 0 Å². The topological polar surface area (TPSA) is 71.2 Å². The van der Waals surface area contributed by atoms with Gasteiger partial charge in [-0.3, -0.25) is 0 Å². The number of hydrogen-bond donors (Lipinski definition) is 0. The van der Waals surface area contributed by atoms with Gasteiger partial charge in [0.1, 0.15) is 23.0 Å². The maximum atomic E-state index is 12.4. The second-order valence-corrected chi connectivity index (χ2v) is 12.3. The maximum absolute atomic E-state index is 12.4. The zero-order valence-corrected chi connectivity index (χ0v) is 26.2. The van der Waals surface area contributed by atoms with Crippen LogP contribution in [0.25, 0.3) is 44.6 Å². The van der Waals surface area contributed by atoms with E-state index in [1.165, 1.54) is 5.56 Å². The molecular weight excluding hydrogens is 548 g/mol. The Balaban J connectivity index is 1.32. The van der Waals surface area contributed by atoms with E-state index in [1.54, 1.807) is 6.07 Å². The van der Waals surface area contributed by atoms with Gasteiger partial charge in [-0.15, -0.1) is 0 Å². The number of ether oxygens (including phenoxy) is 2. The summed E-state index contributed by atoms with van der Waals surface area (Å²) in [6.45, 7) is 10.4. The van der Waals surface area contributed by atoms with Gasteiger partial charge in [0, 0.05) is 31.1 Å². The summed E-state index contributed by atoms with van der Waals surface area (Å²) < 4.78 is 15.4. The number of carbonyl (C=O) groups excluding carboxylic acids is 1. The molecular formula is C37H38N4O3. The average Bonchev–Trinajstić information content (AvgIpc) is 3.48. The SMILES string of the molecule is CCCc1nc2ccc(-c3nc4cc(C)ccc4n3C)cc2n1Cc1ccc(-c2ccccc2OC(=O)OC(C)(C)C)cc1. The summed E-state index contributed by atoms with van der Waals surface area (Å²) in [5.74, 6) is 2.47. The van der Waals surface area contributed by atoms with Crippen LogP contribution < -0.4 is 4.74 Å². The Labute approximate surface area is 258 Å². The quantitative estimate of drug-likeness (QED) is 0.138. The molecule has 0 aliphatic rings. The van der Waals surface area contributed by atoms with Gasteiger partial charge in [-0.05, 0) is 87.2 Å². The van der Waals surface area contributed by atoms with Crippen LogP contribution in [0.2, 0.25) is 0 Å². The van der Waals surface area contributed by atoms with Crippen molar-refractivity contribution in [3.8, 4) is 28.3 Å². The third-order valence-corrected chi connectivity index (χ3v) is 7.67. The van der Waals surface area contributed by atoms with Gasteiger partial charge in [0.25, 0.3) is 0 Å². The van der Waals surface area contributed by atoms with E-state index in [9.17, 15) is 4.79 Å². The lowest BCUT2D eigenvalue weighted by Gasteiger charge is -2.19. The number of para-hydroxylation sites is 1. The molecule has 0 N–H and O–H groups in total. The van der Waals surface area contributed by atoms with E-state index < -0.39 is 11.8 Å². The van der Waals surface area contributed by atoms with Crippen LogP contribution in [0.5, 0.6) is 5.75 Å². The Hall–Kier alpha value is -4.91. The van der Waals surface area contributed by atoms with Gasteiger partial charge in [-0.25, -0.2) is 14.8 Å². The summed E-state index contributed by atoms with van der Waals surface area (Å²) in [4.78, 5) is 22.4. The van der Waals surface area contributed by atoms with Gasteiger partial charge in [0.2, 0.25) is 0 Å². The smallest absolute Gasteiger partial charge is 0.428 e. The van der Waals surface area contributed by atoms with Crippen LogP contribution >= 0.6 is 0 Å². The van der Waals surface area contributed by atoms with Crippen molar-refractivity contribution in [2.24, 2.45) is 7.05 Å². The Bertz CT molecular complexity index is 1980. The van der Waals surface area contributed by atoms with Crippen LogP contribution in [0.15, 0.2) is 84.9 Å². The minimum atomic E-state index is -0.717. The zero-order chi connectivity index (χ0) is 31.0. The van der Waals surface area contributed by atoms with Crippen LogP contribution in [0.3, 0.4) is 0 Å². The Morgan fingerprint density at radius 1 is 0.841 bits per heavy atom. The molecule has 0 radical (unpaired) electrons. The molecule has 0 aliphatic carbocycles.